The summed E-state index contributed by atoms with van der Waals surface area (Å²) in [7, 11) is 0. The Morgan fingerprint density at radius 3 is 2.39 bits per heavy atom. The minimum atomic E-state index is -0.902. The van der Waals surface area contributed by atoms with Crippen LogP contribution in [0.2, 0.25) is 5.02 Å². The number of benzene rings is 3. The Labute approximate surface area is 404 Å². The lowest BCUT2D eigenvalue weighted by Crippen LogP contribution is -2.58. The minimum absolute atomic E-state index is 0.0301. The number of amides is 3. The number of aromatic amines is 1. The van der Waals surface area contributed by atoms with Gasteiger partial charge in [-0.3, -0.25) is 19.5 Å². The molecule has 5 aromatic rings. The van der Waals surface area contributed by atoms with Gasteiger partial charge in [-0.2, -0.15) is 10.4 Å². The smallest absolute Gasteiger partial charge is 0.246 e. The van der Waals surface area contributed by atoms with Crippen LogP contribution in [-0.2, 0) is 19.1 Å². The molecule has 0 saturated carbocycles. The summed E-state index contributed by atoms with van der Waals surface area (Å²) < 4.78 is 5.87. The molecule has 4 N–H and O–H groups in total. The number of H-pyrrole nitrogens is 1. The molecule has 2 aromatic heterocycles. The maximum atomic E-state index is 14.5. The highest BCUT2D eigenvalue weighted by atomic mass is 35.5. The molecule has 3 amide bonds. The van der Waals surface area contributed by atoms with Crippen LogP contribution < -0.4 is 15.5 Å². The summed E-state index contributed by atoms with van der Waals surface area (Å²) in [5, 5.41) is 33.1. The van der Waals surface area contributed by atoms with Crippen LogP contribution in [0.25, 0.3) is 21.6 Å². The van der Waals surface area contributed by atoms with E-state index in [2.05, 4.69) is 61.9 Å². The third-order valence-corrected chi connectivity index (χ3v) is 13.9. The highest BCUT2D eigenvalue weighted by Gasteiger charge is 2.45. The number of aliphatic hydroxyl groups is 1. The fourth-order valence-electron chi connectivity index (χ4n) is 8.92. The van der Waals surface area contributed by atoms with Crippen molar-refractivity contribution in [2.45, 2.75) is 112 Å². The van der Waals surface area contributed by atoms with E-state index in [9.17, 15) is 24.8 Å². The molecule has 0 bridgehead atoms. The van der Waals surface area contributed by atoms with E-state index >= 15 is 0 Å². The van der Waals surface area contributed by atoms with E-state index in [1.807, 2.05) is 90.4 Å². The number of carbonyl (C=O) groups is 3. The molecule has 13 nitrogen and oxygen atoms in total. The molecular weight excluding hydrogens is 884 g/mol. The van der Waals surface area contributed by atoms with Crippen molar-refractivity contribution in [2.75, 3.05) is 37.8 Å². The zero-order valence-electron chi connectivity index (χ0n) is 40.0. The summed E-state index contributed by atoms with van der Waals surface area (Å²) in [6.07, 6.45) is 4.05. The number of ether oxygens (including phenoxy) is 1. The number of unbranched alkanes of at least 4 members (excludes halogenated alkanes) is 2. The van der Waals surface area contributed by atoms with E-state index in [-0.39, 0.29) is 37.0 Å². The van der Waals surface area contributed by atoms with Gasteiger partial charge in [-0.15, -0.1) is 11.3 Å². The van der Waals surface area contributed by atoms with E-state index in [0.717, 1.165) is 74.0 Å². The Bertz CT molecular complexity index is 2520. The number of hydrogen-bond donors (Lipinski definition) is 4. The van der Waals surface area contributed by atoms with Crippen LogP contribution in [-0.4, -0.2) is 87.9 Å². The lowest BCUT2D eigenvalue weighted by atomic mass is 9.85. The number of likely N-dealkylation sites (tertiary alicyclic amines) is 1. The van der Waals surface area contributed by atoms with E-state index in [4.69, 9.17) is 16.3 Å². The first kappa shape index (κ1) is 50.8. The Kier molecular flexibility index (Phi) is 17.4. The first-order valence-electron chi connectivity index (χ1n) is 23.2. The normalized spacial score (nSPS) is 15.8. The number of aryl methyl sites for hydroxylation is 4. The molecule has 1 unspecified atom stereocenters. The lowest BCUT2D eigenvalue weighted by molar-refractivity contribution is -0.144. The van der Waals surface area contributed by atoms with E-state index in [0.29, 0.717) is 56.0 Å². The molecule has 356 valence electrons. The Morgan fingerprint density at radius 2 is 1.75 bits per heavy atom. The summed E-state index contributed by atoms with van der Waals surface area (Å²) >= 11 is 8.13. The van der Waals surface area contributed by atoms with Gasteiger partial charge in [0.25, 0.3) is 0 Å². The summed E-state index contributed by atoms with van der Waals surface area (Å²) in [5.41, 5.74) is 11.6. The molecule has 3 heterocycles. The Balaban J connectivity index is 1.04. The summed E-state index contributed by atoms with van der Waals surface area (Å²) in [4.78, 5) is 51.3. The fraction of sp³-hybridized carbons (Fsp3) is 0.462. The van der Waals surface area contributed by atoms with Crippen molar-refractivity contribution in [3.8, 4) is 27.6 Å². The van der Waals surface area contributed by atoms with Crippen molar-refractivity contribution in [3.05, 3.63) is 105 Å². The zero-order chi connectivity index (χ0) is 48.4. The van der Waals surface area contributed by atoms with E-state index in [1.165, 1.54) is 0 Å². The number of anilines is 2. The second-order valence-corrected chi connectivity index (χ2v) is 20.1. The minimum Gasteiger partial charge on any atom is -0.396 e. The maximum Gasteiger partial charge on any atom is 0.246 e. The van der Waals surface area contributed by atoms with Gasteiger partial charge in [-0.05, 0) is 131 Å². The van der Waals surface area contributed by atoms with Crippen LogP contribution >= 0.6 is 22.9 Å². The van der Waals surface area contributed by atoms with Gasteiger partial charge < -0.3 is 30.3 Å². The van der Waals surface area contributed by atoms with Gasteiger partial charge in [-0.1, -0.05) is 68.8 Å². The number of halogens is 1. The van der Waals surface area contributed by atoms with E-state index in [1.54, 1.807) is 22.3 Å². The molecule has 4 atom stereocenters. The van der Waals surface area contributed by atoms with E-state index < -0.39 is 23.4 Å². The lowest BCUT2D eigenvalue weighted by Gasteiger charge is -2.35. The Morgan fingerprint density at radius 1 is 1.00 bits per heavy atom. The number of aromatic nitrogens is 3. The number of aliphatic hydroxyl groups excluding tert-OH is 1. The van der Waals surface area contributed by atoms with Crippen molar-refractivity contribution in [3.63, 3.8) is 0 Å². The molecular formula is C52H65ClN8O5S. The number of nitriles is 1. The molecule has 0 spiro atoms. The molecule has 0 aliphatic carbocycles. The number of carbonyl (C=O) groups excluding carboxylic acids is 3. The van der Waals surface area contributed by atoms with Crippen LogP contribution in [0.5, 0.6) is 0 Å². The summed E-state index contributed by atoms with van der Waals surface area (Å²) in [5.74, 6) is -0.932. The van der Waals surface area contributed by atoms with Gasteiger partial charge in [0.2, 0.25) is 17.7 Å². The average molecular weight is 950 g/mol. The fourth-order valence-corrected chi connectivity index (χ4v) is 9.94. The van der Waals surface area contributed by atoms with Crippen molar-refractivity contribution >= 4 is 52.0 Å². The third-order valence-electron chi connectivity index (χ3n) is 12.6. The number of thiazole rings is 1. The number of nitrogens with one attached hydrogen (secondary N) is 3. The topological polar surface area (TPSA) is 177 Å². The summed E-state index contributed by atoms with van der Waals surface area (Å²) in [6.45, 7) is 16.9. The molecule has 1 saturated heterocycles. The monoisotopic (exact) mass is 948 g/mol. The van der Waals surface area contributed by atoms with Gasteiger partial charge >= 0.3 is 0 Å². The highest BCUT2D eigenvalue weighted by molar-refractivity contribution is 7.13. The van der Waals surface area contributed by atoms with Crippen LogP contribution in [0.15, 0.2) is 66.2 Å². The predicted octanol–water partition coefficient (Wildman–Crippen LogP) is 9.68. The van der Waals surface area contributed by atoms with Gasteiger partial charge in [-0.25, -0.2) is 4.98 Å². The second-order valence-electron chi connectivity index (χ2n) is 18.8. The SMILES string of the molecule is Cc1ccc(-c2c(C)n[nH]c2C)cc1N(CCCCCOCC(=O)N[C@H](C(=O)N1CC(CCCO)C[C@H]1C(=O)N[C@@H](C)c1ccc(-c2scnc2C)cc1)C(C)(C)C)c1ccc(C#N)c(Cl)c1. The standard InChI is InChI=1S/C52H65ClN8O5S/c1-32-14-15-40(47-34(3)58-59-35(47)4)26-44(32)60(42-21-20-41(28-54)43(53)27-42)22-10-9-11-24-66-30-46(63)57-49(52(6,7)8)51(65)61-29-37(13-12-23-62)25-45(61)50(64)56-33(2)38-16-18-39(19-17-38)48-36(5)55-31-67-48/h14-21,26-27,31,33,37,45,49,62H,9-13,22-25,29-30H2,1-8H3,(H,56,64)(H,57,63)(H,58,59)/t33-,37?,45-,49+/m0/s1. The molecule has 1 fully saturated rings. The van der Waals surface area contributed by atoms with Gasteiger partial charge in [0, 0.05) is 48.9 Å². The maximum absolute atomic E-state index is 14.5. The van der Waals surface area contributed by atoms with Gasteiger partial charge in [0.05, 0.1) is 38.4 Å². The van der Waals surface area contributed by atoms with Crippen molar-refractivity contribution in [1.82, 2.24) is 30.7 Å². The third kappa shape index (κ3) is 12.7. The number of nitrogens with zero attached hydrogens (tertiary/aromatic N) is 5. The molecule has 15 heteroatoms. The van der Waals surface area contributed by atoms with Gasteiger partial charge in [0.15, 0.2) is 0 Å². The largest absolute Gasteiger partial charge is 0.396 e. The zero-order valence-corrected chi connectivity index (χ0v) is 41.6. The molecule has 6 rings (SSSR count). The van der Waals surface area contributed by atoms with Crippen molar-refractivity contribution < 1.29 is 24.2 Å². The molecule has 1 aliphatic heterocycles. The highest BCUT2D eigenvalue weighted by Crippen LogP contribution is 2.37. The molecule has 67 heavy (non-hydrogen) atoms. The van der Waals surface area contributed by atoms with Crippen LogP contribution in [0, 0.1) is 50.4 Å². The first-order valence-corrected chi connectivity index (χ1v) is 24.4. The summed E-state index contributed by atoms with van der Waals surface area (Å²) in [6, 6.07) is 20.2. The van der Waals surface area contributed by atoms with Crippen molar-refractivity contribution in [1.29, 1.82) is 5.26 Å². The van der Waals surface area contributed by atoms with Gasteiger partial charge in [0.1, 0.15) is 24.8 Å². The predicted molar refractivity (Wildman–Crippen MR) is 266 cm³/mol. The average Bonchev–Trinajstić information content (AvgIpc) is 4.03. The molecule has 1 aliphatic rings. The van der Waals surface area contributed by atoms with Crippen molar-refractivity contribution in [2.24, 2.45) is 11.3 Å². The van der Waals surface area contributed by atoms with Crippen LogP contribution in [0.3, 0.4) is 0 Å². The molecule has 3 aromatic carbocycles. The first-order chi connectivity index (χ1) is 32.0. The second kappa shape index (κ2) is 22.9. The Hall–Kier alpha value is -5.59. The quantitative estimate of drug-likeness (QED) is 0.0554. The van der Waals surface area contributed by atoms with Crippen LogP contribution in [0.1, 0.15) is 106 Å². The number of rotatable bonds is 20. The molecule has 0 radical (unpaired) electrons. The van der Waals surface area contributed by atoms with Crippen LogP contribution in [0.4, 0.5) is 11.4 Å². The number of hydrogen-bond acceptors (Lipinski definition) is 10.